The summed E-state index contributed by atoms with van der Waals surface area (Å²) in [5, 5.41) is 2.02. The first-order chi connectivity index (χ1) is 15.9. The summed E-state index contributed by atoms with van der Waals surface area (Å²) in [6.45, 7) is 18.9. The van der Waals surface area contributed by atoms with Gasteiger partial charge in [0.1, 0.15) is 5.78 Å². The summed E-state index contributed by atoms with van der Waals surface area (Å²) in [4.78, 5) is 33.6. The fourth-order valence-electron chi connectivity index (χ4n) is 5.14. The van der Waals surface area contributed by atoms with E-state index in [1.807, 2.05) is 37.1 Å². The van der Waals surface area contributed by atoms with Crippen LogP contribution in [0.5, 0.6) is 0 Å². The summed E-state index contributed by atoms with van der Waals surface area (Å²) < 4.78 is 5.79. The summed E-state index contributed by atoms with van der Waals surface area (Å²) in [6, 6.07) is 10.2. The summed E-state index contributed by atoms with van der Waals surface area (Å²) in [7, 11) is 0. The Balaban J connectivity index is 2.54. The van der Waals surface area contributed by atoms with Gasteiger partial charge in [0, 0.05) is 18.3 Å². The Bertz CT molecular complexity index is 827. The molecule has 5 heteroatoms. The molecular weight excluding hydrogens is 426 g/mol. The first-order valence-electron chi connectivity index (χ1n) is 13.2. The molecule has 2 rings (SSSR count). The lowest BCUT2D eigenvalue weighted by molar-refractivity contribution is -0.346. The Morgan fingerprint density at radius 2 is 1.76 bits per heavy atom. The molecule has 6 unspecified atom stereocenters. The standard InChI is InChI=1S/C29H47NO4/c1-10-13-19-33-26(32)29(9,22(5)21(4)24-17-15-14-16-18-24)34-30-27(7,11-2)20-25(31)23(6)28(30,8)12-3/h14-18,21-23H,10-13,19-20H2,1-9H3. The molecule has 0 bridgehead atoms. The van der Waals surface area contributed by atoms with E-state index in [1.54, 1.807) is 0 Å². The van der Waals surface area contributed by atoms with Crippen molar-refractivity contribution in [3.63, 3.8) is 0 Å². The summed E-state index contributed by atoms with van der Waals surface area (Å²) >= 11 is 0. The zero-order chi connectivity index (χ0) is 25.7. The van der Waals surface area contributed by atoms with Crippen molar-refractivity contribution in [3.05, 3.63) is 35.9 Å². The maximum absolute atomic E-state index is 13.7. The number of esters is 1. The Labute approximate surface area is 207 Å². The highest BCUT2D eigenvalue weighted by atomic mass is 16.7. The molecule has 1 aromatic rings. The normalized spacial score (nSPS) is 29.3. The highest BCUT2D eigenvalue weighted by molar-refractivity contribution is 5.84. The van der Waals surface area contributed by atoms with Gasteiger partial charge in [0.15, 0.2) is 5.60 Å². The van der Waals surface area contributed by atoms with Gasteiger partial charge in [-0.1, -0.05) is 78.3 Å². The molecule has 0 aromatic heterocycles. The Morgan fingerprint density at radius 3 is 2.29 bits per heavy atom. The number of benzene rings is 1. The van der Waals surface area contributed by atoms with Crippen LogP contribution in [0, 0.1) is 11.8 Å². The van der Waals surface area contributed by atoms with E-state index in [1.165, 1.54) is 0 Å². The van der Waals surface area contributed by atoms with Crippen molar-refractivity contribution < 1.29 is 19.2 Å². The second kappa shape index (κ2) is 11.3. The minimum Gasteiger partial charge on any atom is -0.463 e. The molecule has 0 saturated carbocycles. The lowest BCUT2D eigenvalue weighted by Gasteiger charge is -2.58. The van der Waals surface area contributed by atoms with Crippen molar-refractivity contribution in [1.29, 1.82) is 0 Å². The van der Waals surface area contributed by atoms with Gasteiger partial charge in [0.25, 0.3) is 0 Å². The van der Waals surface area contributed by atoms with E-state index in [0.29, 0.717) is 13.0 Å². The van der Waals surface area contributed by atoms with Crippen LogP contribution < -0.4 is 0 Å². The van der Waals surface area contributed by atoms with Crippen molar-refractivity contribution in [2.24, 2.45) is 11.8 Å². The first kappa shape index (κ1) is 28.5. The largest absolute Gasteiger partial charge is 0.463 e. The van der Waals surface area contributed by atoms with Gasteiger partial charge in [-0.2, -0.15) is 5.06 Å². The van der Waals surface area contributed by atoms with Gasteiger partial charge in [-0.05, 0) is 51.5 Å². The minimum atomic E-state index is -1.21. The number of ether oxygens (including phenoxy) is 1. The number of Topliss-reactive ketones (excluding diaryl/α,β-unsaturated/α-hetero) is 1. The van der Waals surface area contributed by atoms with Gasteiger partial charge in [-0.15, -0.1) is 0 Å². The maximum Gasteiger partial charge on any atom is 0.340 e. The number of carbonyl (C=O) groups is 2. The van der Waals surface area contributed by atoms with E-state index < -0.39 is 16.7 Å². The predicted octanol–water partition coefficient (Wildman–Crippen LogP) is 6.71. The minimum absolute atomic E-state index is 0.0644. The SMILES string of the molecule is CCCCOC(=O)C(C)(ON1C(C)(CC)CC(=O)C(C)C1(C)CC)C(C)C(C)c1ccccc1. The van der Waals surface area contributed by atoms with E-state index in [0.717, 1.165) is 31.2 Å². The van der Waals surface area contributed by atoms with E-state index in [9.17, 15) is 9.59 Å². The van der Waals surface area contributed by atoms with Crippen LogP contribution in [0.15, 0.2) is 30.3 Å². The monoisotopic (exact) mass is 473 g/mol. The van der Waals surface area contributed by atoms with Gasteiger partial charge < -0.3 is 4.74 Å². The van der Waals surface area contributed by atoms with Crippen LogP contribution in [0.25, 0.3) is 0 Å². The maximum atomic E-state index is 13.7. The van der Waals surface area contributed by atoms with Gasteiger partial charge in [-0.3, -0.25) is 9.63 Å². The molecule has 192 valence electrons. The Hall–Kier alpha value is -1.72. The fourth-order valence-corrected chi connectivity index (χ4v) is 5.14. The van der Waals surface area contributed by atoms with Crippen LogP contribution >= 0.6 is 0 Å². The highest BCUT2D eigenvalue weighted by Gasteiger charge is 2.58. The number of carbonyl (C=O) groups excluding carboxylic acids is 2. The predicted molar refractivity (Wildman–Crippen MR) is 137 cm³/mol. The molecule has 1 aromatic carbocycles. The van der Waals surface area contributed by atoms with Gasteiger partial charge >= 0.3 is 5.97 Å². The van der Waals surface area contributed by atoms with Crippen LogP contribution in [0.3, 0.4) is 0 Å². The van der Waals surface area contributed by atoms with E-state index in [2.05, 4.69) is 60.6 Å². The topological polar surface area (TPSA) is 55.8 Å². The fraction of sp³-hybridized carbons (Fsp3) is 0.724. The van der Waals surface area contributed by atoms with E-state index in [4.69, 9.17) is 9.57 Å². The van der Waals surface area contributed by atoms with Crippen LogP contribution in [0.2, 0.25) is 0 Å². The molecule has 6 atom stereocenters. The molecule has 0 N–H and O–H groups in total. The molecule has 0 radical (unpaired) electrons. The molecule has 1 saturated heterocycles. The zero-order valence-corrected chi connectivity index (χ0v) is 22.9. The van der Waals surface area contributed by atoms with Crippen molar-refractivity contribution in [3.8, 4) is 0 Å². The lowest BCUT2D eigenvalue weighted by atomic mass is 9.70. The molecule has 1 aliphatic heterocycles. The average molecular weight is 474 g/mol. The molecular formula is C29H47NO4. The summed E-state index contributed by atoms with van der Waals surface area (Å²) in [5.74, 6) is -0.378. The van der Waals surface area contributed by atoms with Gasteiger partial charge in [0.2, 0.25) is 0 Å². The quantitative estimate of drug-likeness (QED) is 0.264. The number of rotatable bonds is 11. The second-order valence-electron chi connectivity index (χ2n) is 10.9. The third kappa shape index (κ3) is 5.41. The summed E-state index contributed by atoms with van der Waals surface area (Å²) in [5.41, 5.74) is -1.09. The first-order valence-corrected chi connectivity index (χ1v) is 13.2. The van der Waals surface area contributed by atoms with Crippen LogP contribution in [0.1, 0.15) is 106 Å². The second-order valence-corrected chi connectivity index (χ2v) is 10.9. The number of unbranched alkanes of at least 4 members (excludes halogenated alkanes) is 1. The van der Waals surface area contributed by atoms with Crippen LogP contribution in [0.4, 0.5) is 0 Å². The van der Waals surface area contributed by atoms with Gasteiger partial charge in [-0.25, -0.2) is 4.79 Å². The van der Waals surface area contributed by atoms with Crippen molar-refractivity contribution in [2.45, 2.75) is 117 Å². The number of hydrogen-bond donors (Lipinski definition) is 0. The summed E-state index contributed by atoms with van der Waals surface area (Å²) in [6.07, 6.45) is 3.65. The highest BCUT2D eigenvalue weighted by Crippen LogP contribution is 2.47. The molecule has 0 spiro atoms. The van der Waals surface area contributed by atoms with E-state index in [-0.39, 0.29) is 29.5 Å². The van der Waals surface area contributed by atoms with Gasteiger partial charge in [0.05, 0.1) is 17.7 Å². The zero-order valence-electron chi connectivity index (χ0n) is 22.9. The number of ketones is 1. The number of hydroxylamine groups is 2. The smallest absolute Gasteiger partial charge is 0.340 e. The van der Waals surface area contributed by atoms with Crippen molar-refractivity contribution in [2.75, 3.05) is 6.61 Å². The number of hydrogen-bond acceptors (Lipinski definition) is 5. The molecule has 1 fully saturated rings. The van der Waals surface area contributed by atoms with Crippen molar-refractivity contribution in [1.82, 2.24) is 5.06 Å². The van der Waals surface area contributed by atoms with E-state index >= 15 is 0 Å². The average Bonchev–Trinajstić information content (AvgIpc) is 2.84. The van der Waals surface area contributed by atoms with Crippen LogP contribution in [-0.2, 0) is 19.2 Å². The molecule has 34 heavy (non-hydrogen) atoms. The van der Waals surface area contributed by atoms with Crippen molar-refractivity contribution >= 4 is 11.8 Å². The molecule has 0 amide bonds. The molecule has 1 heterocycles. The molecule has 5 nitrogen and oxygen atoms in total. The lowest BCUT2D eigenvalue weighted by Crippen LogP contribution is -2.69. The Kier molecular flexibility index (Phi) is 9.52. The number of nitrogens with zero attached hydrogens (tertiary/aromatic N) is 1. The third-order valence-electron chi connectivity index (χ3n) is 8.76. The molecule has 1 aliphatic rings. The third-order valence-corrected chi connectivity index (χ3v) is 8.76. The Morgan fingerprint density at radius 1 is 1.15 bits per heavy atom. The molecule has 0 aliphatic carbocycles. The van der Waals surface area contributed by atoms with Crippen LogP contribution in [-0.4, -0.2) is 40.1 Å². The number of piperidine rings is 1.